The largest absolute Gasteiger partial charge is 0.250 e. The van der Waals surface area contributed by atoms with Crippen LogP contribution in [0.5, 0.6) is 0 Å². The van der Waals surface area contributed by atoms with Gasteiger partial charge in [0.25, 0.3) is 0 Å². The van der Waals surface area contributed by atoms with Crippen LogP contribution in [0, 0.1) is 35.5 Å². The average molecular weight is 1220 g/mol. The maximum absolute atomic E-state index is 5.43. The van der Waals surface area contributed by atoms with Crippen molar-refractivity contribution in [2.24, 2.45) is 9.98 Å². The average Bonchev–Trinajstić information content (AvgIpc) is 3.39. The molecule has 0 aliphatic heterocycles. The molecule has 2 nitrogen and oxygen atoms in total. The molecule has 0 heterocycles. The minimum Gasteiger partial charge on any atom is -0.250 e. The van der Waals surface area contributed by atoms with Crippen LogP contribution in [-0.4, -0.2) is 11.4 Å². The van der Waals surface area contributed by atoms with E-state index in [1.807, 2.05) is 0 Å². The molecule has 2 aromatic carbocycles. The molecule has 2 rings (SSSR count). The second-order valence-corrected chi connectivity index (χ2v) is 25.9. The third kappa shape index (κ3) is 51.8. The molecule has 0 N–H and O–H groups in total. The molecule has 0 saturated carbocycles. The zero-order valence-corrected chi connectivity index (χ0v) is 58.5. The van der Waals surface area contributed by atoms with Crippen LogP contribution in [0.1, 0.15) is 405 Å². The number of hydrogen-bond donors (Lipinski definition) is 0. The van der Waals surface area contributed by atoms with Gasteiger partial charge < -0.3 is 0 Å². The van der Waals surface area contributed by atoms with E-state index in [4.69, 9.17) is 9.98 Å². The summed E-state index contributed by atoms with van der Waals surface area (Å²) < 4.78 is 0. The van der Waals surface area contributed by atoms with Crippen LogP contribution >= 0.6 is 0 Å². The predicted octanol–water partition coefficient (Wildman–Crippen LogP) is 27.9. The Morgan fingerprint density at radius 1 is 0.267 bits per heavy atom. The third-order valence-corrected chi connectivity index (χ3v) is 17.7. The van der Waals surface area contributed by atoms with E-state index < -0.39 is 0 Å². The summed E-state index contributed by atoms with van der Waals surface area (Å²) in [5.74, 6) is 21.2. The monoisotopic (exact) mass is 1220 g/mol. The maximum atomic E-state index is 5.43. The molecule has 0 spiro atoms. The summed E-state index contributed by atoms with van der Waals surface area (Å²) in [7, 11) is 0. The zero-order valence-electron chi connectivity index (χ0n) is 57.5. The number of aliphatic imine (C=N–C) groups is 2. The fourth-order valence-corrected chi connectivity index (χ4v) is 12.0. The molecule has 0 saturated heterocycles. The molecule has 3 heteroatoms. The van der Waals surface area contributed by atoms with Crippen molar-refractivity contribution >= 4 is 22.8 Å². The van der Waals surface area contributed by atoms with Gasteiger partial charge in [-0.3, -0.25) is 4.99 Å². The second kappa shape index (κ2) is 66.4. The molecule has 0 atom stereocenters. The topological polar surface area (TPSA) is 24.7 Å². The number of benzene rings is 2. The van der Waals surface area contributed by atoms with Crippen LogP contribution in [0.3, 0.4) is 0 Å². The summed E-state index contributed by atoms with van der Waals surface area (Å²) in [6.45, 7) is 9.14. The number of rotatable bonds is 59. The van der Waals surface area contributed by atoms with Crippen molar-refractivity contribution in [1.82, 2.24) is 0 Å². The van der Waals surface area contributed by atoms with E-state index in [0.717, 1.165) is 93.4 Å². The SMILES string of the molecule is CCCCCC#CC(=N\c1ccccc1CCC#CCCCCCCCCCCCCCCCCCCCCCCCCC)/C(CCCC)=N\c1ccccc1CCC#CCCCCCCCCCCCCCCCCCCCCCCCCC.[Ni]. The molecule has 0 unspecified atom stereocenters. The molecule has 0 aliphatic carbocycles. The second-order valence-electron chi connectivity index (χ2n) is 25.9. The summed E-state index contributed by atoms with van der Waals surface area (Å²) in [6, 6.07) is 17.4. The number of nitrogens with zero attached hydrogens (tertiary/aromatic N) is 2. The minimum absolute atomic E-state index is 0. The molecule has 0 amide bonds. The Balaban J connectivity index is 0.0000370. The van der Waals surface area contributed by atoms with Crippen molar-refractivity contribution in [3.05, 3.63) is 59.7 Å². The van der Waals surface area contributed by atoms with Gasteiger partial charge in [-0.1, -0.05) is 372 Å². The summed E-state index contributed by atoms with van der Waals surface area (Å²) in [6.07, 6.45) is 78.6. The van der Waals surface area contributed by atoms with Gasteiger partial charge in [-0.05, 0) is 74.1 Å². The Labute approximate surface area is 547 Å². The van der Waals surface area contributed by atoms with E-state index in [1.54, 1.807) is 0 Å². The van der Waals surface area contributed by atoms with E-state index in [9.17, 15) is 0 Å². The fourth-order valence-electron chi connectivity index (χ4n) is 12.0. The van der Waals surface area contributed by atoms with Crippen molar-refractivity contribution in [2.45, 2.75) is 407 Å². The van der Waals surface area contributed by atoms with Crippen molar-refractivity contribution in [2.75, 3.05) is 0 Å². The van der Waals surface area contributed by atoms with Gasteiger partial charge in [0.2, 0.25) is 0 Å². The van der Waals surface area contributed by atoms with E-state index in [2.05, 4.69) is 112 Å². The van der Waals surface area contributed by atoms with E-state index >= 15 is 0 Å². The Morgan fingerprint density at radius 3 is 0.837 bits per heavy atom. The quantitative estimate of drug-likeness (QED) is 0.0273. The Bertz CT molecular complexity index is 2030. The van der Waals surface area contributed by atoms with Gasteiger partial charge >= 0.3 is 0 Å². The van der Waals surface area contributed by atoms with Gasteiger partial charge in [-0.25, -0.2) is 4.99 Å². The van der Waals surface area contributed by atoms with Crippen LogP contribution in [0.2, 0.25) is 0 Å². The zero-order chi connectivity index (χ0) is 60.5. The Hall–Kier alpha value is -3.05. The Morgan fingerprint density at radius 2 is 0.512 bits per heavy atom. The predicted molar refractivity (Wildman–Crippen MR) is 384 cm³/mol. The van der Waals surface area contributed by atoms with Gasteiger partial charge in [-0.15, -0.1) is 23.7 Å². The van der Waals surface area contributed by atoms with Gasteiger partial charge in [0, 0.05) is 48.6 Å². The first-order chi connectivity index (χ1) is 42.2. The molecule has 0 bridgehead atoms. The summed E-state index contributed by atoms with van der Waals surface area (Å²) >= 11 is 0. The molecular weight excluding hydrogens is 1080 g/mol. The van der Waals surface area contributed by atoms with E-state index in [-0.39, 0.29) is 16.5 Å². The van der Waals surface area contributed by atoms with Gasteiger partial charge in [0.1, 0.15) is 5.71 Å². The van der Waals surface area contributed by atoms with Gasteiger partial charge in [0.15, 0.2) is 0 Å². The molecule has 0 aliphatic rings. The van der Waals surface area contributed by atoms with E-state index in [0.29, 0.717) is 0 Å². The number of unbranched alkanes of at least 4 members (excludes halogenated alkanes) is 50. The first-order valence-corrected chi connectivity index (χ1v) is 38.0. The van der Waals surface area contributed by atoms with Crippen molar-refractivity contribution in [3.8, 4) is 35.5 Å². The molecule has 0 radical (unpaired) electrons. The first kappa shape index (κ1) is 81.0. The van der Waals surface area contributed by atoms with E-state index in [1.165, 1.54) is 319 Å². The molecule has 2 aromatic rings. The van der Waals surface area contributed by atoms with Crippen LogP contribution in [0.15, 0.2) is 58.5 Å². The molecule has 86 heavy (non-hydrogen) atoms. The van der Waals surface area contributed by atoms with Crippen molar-refractivity contribution in [3.63, 3.8) is 0 Å². The minimum atomic E-state index is 0. The fraction of sp³-hybridized carbons (Fsp3) is 0.759. The van der Waals surface area contributed by atoms with Crippen LogP contribution in [-0.2, 0) is 29.3 Å². The number of aryl methyl sites for hydroxylation is 2. The maximum Gasteiger partial charge on any atom is 0.135 e. The summed E-state index contributed by atoms with van der Waals surface area (Å²) in [5.41, 5.74) is 6.38. The normalized spacial score (nSPS) is 11.4. The smallest absolute Gasteiger partial charge is 0.135 e. The summed E-state index contributed by atoms with van der Waals surface area (Å²) in [5, 5.41) is 0. The molecule has 0 fully saturated rings. The van der Waals surface area contributed by atoms with Crippen molar-refractivity contribution < 1.29 is 16.5 Å². The van der Waals surface area contributed by atoms with Crippen LogP contribution in [0.4, 0.5) is 11.4 Å². The first-order valence-electron chi connectivity index (χ1n) is 38.0. The van der Waals surface area contributed by atoms with Gasteiger partial charge in [-0.2, -0.15) is 0 Å². The number of para-hydroxylation sites is 2. The number of hydrogen-bond acceptors (Lipinski definition) is 2. The molecule has 490 valence electrons. The standard InChI is InChI=1S/C83H138N2.Ni/c1-5-9-13-16-18-20-22-24-26-28-30-32-34-36-38-40-42-44-46-48-50-52-54-56-58-61-63-70-78-72-66-68-75-80(78)84-82(74-12-8-4)83(77-65-60-15-11-7-3)85-81-76-69-67-73-79(81)71-64-62-59-57-55-53-51-49-47-45-43-41-39-37-35-33-31-29-27-25-23-21-19-17-14-10-6-2;/h66-69,72-73,75-76H,5-57,60,63-64,70-71,74H2,1-4H3;/b84-82-,85-83+;. The van der Waals surface area contributed by atoms with Gasteiger partial charge in [0.05, 0.1) is 17.1 Å². The third-order valence-electron chi connectivity index (χ3n) is 17.7. The summed E-state index contributed by atoms with van der Waals surface area (Å²) in [4.78, 5) is 10.8. The van der Waals surface area contributed by atoms with Crippen LogP contribution in [0.25, 0.3) is 0 Å². The van der Waals surface area contributed by atoms with Crippen molar-refractivity contribution in [1.29, 1.82) is 0 Å². The Kier molecular flexibility index (Phi) is 62.5. The molecular formula is C83H138N2Ni. The molecule has 0 aromatic heterocycles. The van der Waals surface area contributed by atoms with Crippen LogP contribution < -0.4 is 0 Å².